The number of ether oxygens (including phenoxy) is 1. The van der Waals surface area contributed by atoms with Gasteiger partial charge in [-0.15, -0.1) is 0 Å². The number of rotatable bonds is 18. The van der Waals surface area contributed by atoms with Crippen molar-refractivity contribution in [1.29, 1.82) is 0 Å². The van der Waals surface area contributed by atoms with Crippen molar-refractivity contribution in [2.45, 2.75) is 84.0 Å². The molecule has 0 aliphatic carbocycles. The molecule has 0 saturated heterocycles. The van der Waals surface area contributed by atoms with Gasteiger partial charge in [0.25, 0.3) is 5.91 Å². The Balaban J connectivity index is 1.40. The van der Waals surface area contributed by atoms with Crippen molar-refractivity contribution in [3.05, 3.63) is 77.9 Å². The van der Waals surface area contributed by atoms with Crippen LogP contribution in [0.5, 0.6) is 5.75 Å². The summed E-state index contributed by atoms with van der Waals surface area (Å²) in [5.74, 6) is -0.725. The number of nitrogens with zero attached hydrogens (tertiary/aromatic N) is 1. The normalized spacial score (nSPS) is 11.0. The molecule has 0 aromatic heterocycles. The number of carbonyl (C=O) groups is 3. The van der Waals surface area contributed by atoms with Crippen molar-refractivity contribution in [1.82, 2.24) is 10.7 Å². The van der Waals surface area contributed by atoms with Gasteiger partial charge in [-0.2, -0.15) is 5.10 Å². The average Bonchev–Trinajstić information content (AvgIpc) is 3.00. The minimum Gasteiger partial charge on any atom is -0.422 e. The number of benzene rings is 3. The summed E-state index contributed by atoms with van der Waals surface area (Å²) in [6.45, 7) is 2.09. The molecule has 3 rings (SSSR count). The Morgan fingerprint density at radius 2 is 1.37 bits per heavy atom. The van der Waals surface area contributed by atoms with Gasteiger partial charge in [0.15, 0.2) is 0 Å². The summed E-state index contributed by atoms with van der Waals surface area (Å²) in [5.41, 5.74) is 3.45. The first-order valence-corrected chi connectivity index (χ1v) is 15.0. The molecule has 7 nitrogen and oxygen atoms in total. The third-order valence-electron chi connectivity index (χ3n) is 6.98. The van der Waals surface area contributed by atoms with E-state index in [9.17, 15) is 14.4 Å². The van der Waals surface area contributed by atoms with Crippen molar-refractivity contribution in [2.75, 3.05) is 6.54 Å². The Bertz CT molecular complexity index is 1270. The zero-order chi connectivity index (χ0) is 29.1. The molecule has 0 aliphatic heterocycles. The molecule has 3 aromatic rings. The van der Waals surface area contributed by atoms with E-state index in [1.165, 1.54) is 57.6 Å². The maximum atomic E-state index is 12.7. The number of amides is 2. The van der Waals surface area contributed by atoms with Crippen molar-refractivity contribution in [3.8, 4) is 5.75 Å². The maximum absolute atomic E-state index is 12.7. The standard InChI is InChI=1S/C34H43N3O4/c1-2-3-4-5-6-7-8-9-10-11-15-22-32(38)35-26-33(39)37-36-25-30-29-21-17-16-18-27(29)23-24-31(30)41-34(40)28-19-13-12-14-20-28/h12-14,16-21,23-25H,2-11,15,22,26H2,1H3,(H,35,38)(H,37,39)/b36-25+. The highest BCUT2D eigenvalue weighted by Crippen LogP contribution is 2.27. The second-order valence-corrected chi connectivity index (χ2v) is 10.3. The molecule has 0 radical (unpaired) electrons. The molecular formula is C34H43N3O4. The van der Waals surface area contributed by atoms with Crippen molar-refractivity contribution in [3.63, 3.8) is 0 Å². The first-order valence-electron chi connectivity index (χ1n) is 15.0. The van der Waals surface area contributed by atoms with Crippen LogP contribution in [0.25, 0.3) is 10.8 Å². The molecule has 0 heterocycles. The summed E-state index contributed by atoms with van der Waals surface area (Å²) >= 11 is 0. The van der Waals surface area contributed by atoms with Crippen LogP contribution in [0.2, 0.25) is 0 Å². The Kier molecular flexibility index (Phi) is 14.1. The number of unbranched alkanes of at least 4 members (excludes halogenated alkanes) is 10. The number of nitrogens with one attached hydrogen (secondary N) is 2. The van der Waals surface area contributed by atoms with E-state index in [4.69, 9.17) is 4.74 Å². The molecular weight excluding hydrogens is 514 g/mol. The lowest BCUT2D eigenvalue weighted by Gasteiger charge is -2.10. The molecule has 0 bridgehead atoms. The highest BCUT2D eigenvalue weighted by atomic mass is 16.5. The molecule has 41 heavy (non-hydrogen) atoms. The Morgan fingerprint density at radius 3 is 2.07 bits per heavy atom. The van der Waals surface area contributed by atoms with Gasteiger partial charge in [-0.1, -0.05) is 120 Å². The molecule has 7 heteroatoms. The van der Waals surface area contributed by atoms with Gasteiger partial charge in [0.1, 0.15) is 5.75 Å². The van der Waals surface area contributed by atoms with Crippen LogP contribution in [0, 0.1) is 0 Å². The fraction of sp³-hybridized carbons (Fsp3) is 0.412. The van der Waals surface area contributed by atoms with E-state index in [0.29, 0.717) is 23.3 Å². The van der Waals surface area contributed by atoms with E-state index < -0.39 is 11.9 Å². The third kappa shape index (κ3) is 11.6. The summed E-state index contributed by atoms with van der Waals surface area (Å²) in [6, 6.07) is 19.9. The highest BCUT2D eigenvalue weighted by Gasteiger charge is 2.13. The van der Waals surface area contributed by atoms with Gasteiger partial charge >= 0.3 is 5.97 Å². The molecule has 0 spiro atoms. The minimum absolute atomic E-state index is 0.135. The molecule has 0 unspecified atom stereocenters. The summed E-state index contributed by atoms with van der Waals surface area (Å²) in [4.78, 5) is 37.1. The van der Waals surface area contributed by atoms with Gasteiger partial charge < -0.3 is 10.1 Å². The van der Waals surface area contributed by atoms with Crippen molar-refractivity contribution < 1.29 is 19.1 Å². The third-order valence-corrected chi connectivity index (χ3v) is 6.98. The molecule has 0 atom stereocenters. The van der Waals surface area contributed by atoms with Gasteiger partial charge in [-0.05, 0) is 35.4 Å². The lowest BCUT2D eigenvalue weighted by molar-refractivity contribution is -0.126. The second kappa shape index (κ2) is 18.4. The molecule has 0 fully saturated rings. The molecule has 2 amide bonds. The lowest BCUT2D eigenvalue weighted by atomic mass is 10.0. The number of fused-ring (bicyclic) bond motifs is 1. The SMILES string of the molecule is CCCCCCCCCCCCCC(=O)NCC(=O)N/N=C/c1c(OC(=O)c2ccccc2)ccc2ccccc12. The van der Waals surface area contributed by atoms with Gasteiger partial charge in [0, 0.05) is 12.0 Å². The fourth-order valence-corrected chi connectivity index (χ4v) is 4.66. The van der Waals surface area contributed by atoms with E-state index in [1.54, 1.807) is 30.3 Å². The van der Waals surface area contributed by atoms with Crippen LogP contribution in [0.4, 0.5) is 0 Å². The largest absolute Gasteiger partial charge is 0.422 e. The van der Waals surface area contributed by atoms with Crippen LogP contribution < -0.4 is 15.5 Å². The summed E-state index contributed by atoms with van der Waals surface area (Å²) < 4.78 is 5.67. The van der Waals surface area contributed by atoms with Gasteiger partial charge in [-0.25, -0.2) is 10.2 Å². The van der Waals surface area contributed by atoms with Gasteiger partial charge in [0.05, 0.1) is 18.3 Å². The van der Waals surface area contributed by atoms with Crippen LogP contribution in [0.1, 0.15) is 99.9 Å². The van der Waals surface area contributed by atoms with E-state index in [0.717, 1.165) is 30.0 Å². The van der Waals surface area contributed by atoms with Crippen LogP contribution in [0.15, 0.2) is 71.8 Å². The predicted octanol–water partition coefficient (Wildman–Crippen LogP) is 7.33. The minimum atomic E-state index is -0.486. The number of hydrogen-bond donors (Lipinski definition) is 2. The van der Waals surface area contributed by atoms with Crippen LogP contribution in [-0.2, 0) is 9.59 Å². The number of esters is 1. The molecule has 3 aromatic carbocycles. The average molecular weight is 558 g/mol. The smallest absolute Gasteiger partial charge is 0.343 e. The summed E-state index contributed by atoms with van der Waals surface area (Å²) in [5, 5.41) is 8.50. The van der Waals surface area contributed by atoms with E-state index >= 15 is 0 Å². The summed E-state index contributed by atoms with van der Waals surface area (Å²) in [6.07, 6.45) is 15.3. The predicted molar refractivity (Wildman–Crippen MR) is 165 cm³/mol. The number of hydrogen-bond acceptors (Lipinski definition) is 5. The molecule has 2 N–H and O–H groups in total. The summed E-state index contributed by atoms with van der Waals surface area (Å²) in [7, 11) is 0. The monoisotopic (exact) mass is 557 g/mol. The molecule has 218 valence electrons. The van der Waals surface area contributed by atoms with Gasteiger partial charge in [-0.3, -0.25) is 9.59 Å². The van der Waals surface area contributed by atoms with E-state index in [-0.39, 0.29) is 12.5 Å². The zero-order valence-electron chi connectivity index (χ0n) is 24.2. The van der Waals surface area contributed by atoms with Crippen LogP contribution in [-0.4, -0.2) is 30.5 Å². The Morgan fingerprint density at radius 1 is 0.732 bits per heavy atom. The topological polar surface area (TPSA) is 96.9 Å². The van der Waals surface area contributed by atoms with Crippen molar-refractivity contribution in [2.24, 2.45) is 5.10 Å². The lowest BCUT2D eigenvalue weighted by Crippen LogP contribution is -2.34. The van der Waals surface area contributed by atoms with Gasteiger partial charge in [0.2, 0.25) is 5.91 Å². The second-order valence-electron chi connectivity index (χ2n) is 10.3. The first-order chi connectivity index (χ1) is 20.1. The van der Waals surface area contributed by atoms with Crippen LogP contribution in [0.3, 0.4) is 0 Å². The van der Waals surface area contributed by atoms with E-state index in [2.05, 4.69) is 22.8 Å². The highest BCUT2D eigenvalue weighted by molar-refractivity contribution is 6.04. The zero-order valence-corrected chi connectivity index (χ0v) is 24.2. The quantitative estimate of drug-likeness (QED) is 0.0563. The van der Waals surface area contributed by atoms with Crippen LogP contribution >= 0.6 is 0 Å². The molecule has 0 aliphatic rings. The van der Waals surface area contributed by atoms with E-state index in [1.807, 2.05) is 36.4 Å². The fourth-order valence-electron chi connectivity index (χ4n) is 4.66. The first kappa shape index (κ1) is 31.5. The number of hydrazone groups is 1. The Labute approximate surface area is 243 Å². The number of carbonyl (C=O) groups excluding carboxylic acids is 3. The Hall–Kier alpha value is -4.00. The maximum Gasteiger partial charge on any atom is 0.343 e. The molecule has 0 saturated carbocycles. The van der Waals surface area contributed by atoms with Crippen molar-refractivity contribution >= 4 is 34.8 Å².